The Morgan fingerprint density at radius 3 is 2.55 bits per heavy atom. The van der Waals surface area contributed by atoms with Gasteiger partial charge in [0.15, 0.2) is 0 Å². The van der Waals surface area contributed by atoms with Gasteiger partial charge in [0.2, 0.25) is 0 Å². The van der Waals surface area contributed by atoms with Crippen molar-refractivity contribution in [2.75, 3.05) is 0 Å². The molecule has 0 bridgehead atoms. The molecule has 1 atom stereocenters. The molecule has 29 heavy (non-hydrogen) atoms. The van der Waals surface area contributed by atoms with Gasteiger partial charge in [-0.1, -0.05) is 91.0 Å². The summed E-state index contributed by atoms with van der Waals surface area (Å²) in [7, 11) is 0. The van der Waals surface area contributed by atoms with Crippen LogP contribution in [0.15, 0.2) is 109 Å². The summed E-state index contributed by atoms with van der Waals surface area (Å²) in [6.45, 7) is 0. The summed E-state index contributed by atoms with van der Waals surface area (Å²) >= 11 is 0. The minimum atomic E-state index is 0.349. The van der Waals surface area contributed by atoms with Gasteiger partial charge in [-0.15, -0.1) is 0 Å². The number of benzene rings is 3. The van der Waals surface area contributed by atoms with E-state index in [0.29, 0.717) is 5.92 Å². The van der Waals surface area contributed by atoms with E-state index in [1.165, 1.54) is 44.3 Å². The van der Waals surface area contributed by atoms with E-state index in [1.54, 1.807) is 0 Å². The van der Waals surface area contributed by atoms with E-state index in [1.807, 2.05) is 12.3 Å². The van der Waals surface area contributed by atoms with Crippen LogP contribution in [-0.4, -0.2) is 4.98 Å². The molecule has 1 unspecified atom stereocenters. The molecule has 1 nitrogen and oxygen atoms in total. The molecule has 0 radical (unpaired) electrons. The van der Waals surface area contributed by atoms with E-state index >= 15 is 0 Å². The van der Waals surface area contributed by atoms with E-state index in [0.717, 1.165) is 5.52 Å². The van der Waals surface area contributed by atoms with Gasteiger partial charge in [0.25, 0.3) is 0 Å². The number of fused-ring (bicyclic) bond motifs is 4. The van der Waals surface area contributed by atoms with Crippen molar-refractivity contribution < 1.29 is 0 Å². The molecule has 1 aromatic heterocycles. The number of allylic oxidation sites excluding steroid dienone is 5. The minimum Gasteiger partial charge on any atom is -0.256 e. The van der Waals surface area contributed by atoms with Crippen LogP contribution in [0.5, 0.6) is 0 Å². The van der Waals surface area contributed by atoms with Crippen molar-refractivity contribution in [1.29, 1.82) is 0 Å². The van der Waals surface area contributed by atoms with Gasteiger partial charge < -0.3 is 0 Å². The highest BCUT2D eigenvalue weighted by Gasteiger charge is 2.27. The molecule has 6 rings (SSSR count). The number of rotatable bonds is 2. The van der Waals surface area contributed by atoms with Crippen LogP contribution in [0.25, 0.3) is 39.2 Å². The van der Waals surface area contributed by atoms with Gasteiger partial charge in [-0.2, -0.15) is 0 Å². The number of para-hydroxylation sites is 1. The smallest absolute Gasteiger partial charge is 0.0780 e. The third kappa shape index (κ3) is 2.51. The summed E-state index contributed by atoms with van der Waals surface area (Å²) in [4.78, 5) is 4.76. The molecule has 4 aromatic rings. The molecule has 0 saturated carbocycles. The molecule has 136 valence electrons. The third-order valence-corrected chi connectivity index (χ3v) is 5.97. The first-order valence-corrected chi connectivity index (χ1v) is 10.0. The Bertz CT molecular complexity index is 1330. The summed E-state index contributed by atoms with van der Waals surface area (Å²) in [6.07, 6.45) is 13.1. The van der Waals surface area contributed by atoms with Crippen LogP contribution in [0.1, 0.15) is 17.0 Å². The fourth-order valence-corrected chi connectivity index (χ4v) is 4.66. The number of aromatic nitrogens is 1. The lowest BCUT2D eigenvalue weighted by molar-refractivity contribution is 1.05. The van der Waals surface area contributed by atoms with E-state index in [9.17, 15) is 0 Å². The quantitative estimate of drug-likeness (QED) is 0.365. The Hall–Kier alpha value is -3.71. The van der Waals surface area contributed by atoms with Crippen LogP contribution in [0.4, 0.5) is 0 Å². The summed E-state index contributed by atoms with van der Waals surface area (Å²) in [6, 6.07) is 25.9. The Kier molecular flexibility index (Phi) is 3.60. The maximum Gasteiger partial charge on any atom is 0.0780 e. The molecule has 0 fully saturated rings. The summed E-state index contributed by atoms with van der Waals surface area (Å²) in [5.41, 5.74) is 10.1. The Balaban J connectivity index is 1.72. The highest BCUT2D eigenvalue weighted by molar-refractivity contribution is 6.02. The predicted molar refractivity (Wildman–Crippen MR) is 122 cm³/mol. The molecule has 1 heteroatoms. The first kappa shape index (κ1) is 16.3. The fraction of sp³-hybridized carbons (Fsp3) is 0.0357. The summed E-state index contributed by atoms with van der Waals surface area (Å²) in [5.74, 6) is 0.349. The topological polar surface area (TPSA) is 12.9 Å². The van der Waals surface area contributed by atoms with Crippen LogP contribution in [0.3, 0.4) is 0 Å². The predicted octanol–water partition coefficient (Wildman–Crippen LogP) is 7.18. The molecule has 0 N–H and O–H groups in total. The molecular formula is C28H19N. The minimum absolute atomic E-state index is 0.349. The molecule has 3 aromatic carbocycles. The zero-order valence-electron chi connectivity index (χ0n) is 15.9. The van der Waals surface area contributed by atoms with Crippen molar-refractivity contribution >= 4 is 17.0 Å². The van der Waals surface area contributed by atoms with Crippen LogP contribution < -0.4 is 0 Å². The van der Waals surface area contributed by atoms with Crippen molar-refractivity contribution in [3.8, 4) is 22.3 Å². The van der Waals surface area contributed by atoms with E-state index in [2.05, 4.69) is 97.1 Å². The molecule has 0 amide bonds. The monoisotopic (exact) mass is 369 g/mol. The lowest BCUT2D eigenvalue weighted by atomic mass is 9.85. The maximum atomic E-state index is 4.76. The summed E-state index contributed by atoms with van der Waals surface area (Å²) in [5, 5.41) is 1.17. The zero-order valence-corrected chi connectivity index (χ0v) is 15.9. The highest BCUT2D eigenvalue weighted by atomic mass is 14.6. The van der Waals surface area contributed by atoms with Crippen LogP contribution in [0.2, 0.25) is 0 Å². The lowest BCUT2D eigenvalue weighted by Crippen LogP contribution is -1.98. The largest absolute Gasteiger partial charge is 0.256 e. The second kappa shape index (κ2) is 6.42. The summed E-state index contributed by atoms with van der Waals surface area (Å²) < 4.78 is 0. The van der Waals surface area contributed by atoms with Gasteiger partial charge in [0.1, 0.15) is 0 Å². The Morgan fingerprint density at radius 2 is 1.62 bits per heavy atom. The van der Waals surface area contributed by atoms with Crippen molar-refractivity contribution in [2.24, 2.45) is 0 Å². The second-order valence-corrected chi connectivity index (χ2v) is 7.60. The van der Waals surface area contributed by atoms with Crippen molar-refractivity contribution in [3.63, 3.8) is 0 Å². The Labute approximate surface area is 170 Å². The van der Waals surface area contributed by atoms with Gasteiger partial charge in [0, 0.05) is 23.1 Å². The molecule has 0 aliphatic heterocycles. The van der Waals surface area contributed by atoms with Gasteiger partial charge in [0.05, 0.1) is 5.52 Å². The van der Waals surface area contributed by atoms with Crippen LogP contribution >= 0.6 is 0 Å². The molecule has 2 aliphatic rings. The normalized spacial score (nSPS) is 16.6. The first-order chi connectivity index (χ1) is 14.4. The molecule has 0 spiro atoms. The van der Waals surface area contributed by atoms with Gasteiger partial charge in [-0.25, -0.2) is 0 Å². The SMILES string of the molecule is C1=CC2=Cc3c(ccc(-c4ccccc4)c3-c3cccc4cccnc34)C2C=C1. The highest BCUT2D eigenvalue weighted by Crippen LogP contribution is 2.48. The number of nitrogens with zero attached hydrogens (tertiary/aromatic N) is 1. The lowest BCUT2D eigenvalue weighted by Gasteiger charge is -2.18. The Morgan fingerprint density at radius 1 is 0.724 bits per heavy atom. The molecule has 2 aliphatic carbocycles. The van der Waals surface area contributed by atoms with E-state index in [-0.39, 0.29) is 0 Å². The van der Waals surface area contributed by atoms with Gasteiger partial charge in [-0.05, 0) is 45.5 Å². The standard InChI is InChI=1S/C28H19N/c1-2-8-19(9-3-1)23-15-16-24-22-13-5-4-10-21(22)18-26(24)27(23)25-14-6-11-20-12-7-17-29-28(20)25/h1-18,22H. The zero-order chi connectivity index (χ0) is 19.2. The van der Waals surface area contributed by atoms with E-state index in [4.69, 9.17) is 4.98 Å². The molecule has 0 saturated heterocycles. The average Bonchev–Trinajstić information content (AvgIpc) is 3.17. The van der Waals surface area contributed by atoms with Gasteiger partial charge in [-0.3, -0.25) is 4.98 Å². The first-order valence-electron chi connectivity index (χ1n) is 10.0. The molecule has 1 heterocycles. The van der Waals surface area contributed by atoms with Crippen LogP contribution in [0, 0.1) is 0 Å². The third-order valence-electron chi connectivity index (χ3n) is 5.97. The average molecular weight is 369 g/mol. The van der Waals surface area contributed by atoms with E-state index < -0.39 is 0 Å². The fourth-order valence-electron chi connectivity index (χ4n) is 4.66. The van der Waals surface area contributed by atoms with Gasteiger partial charge >= 0.3 is 0 Å². The van der Waals surface area contributed by atoms with Crippen molar-refractivity contribution in [1.82, 2.24) is 4.98 Å². The molecular weight excluding hydrogens is 350 g/mol. The maximum absolute atomic E-state index is 4.76. The van der Waals surface area contributed by atoms with Crippen molar-refractivity contribution in [3.05, 3.63) is 120 Å². The van der Waals surface area contributed by atoms with Crippen molar-refractivity contribution in [2.45, 2.75) is 5.92 Å². The number of hydrogen-bond donors (Lipinski definition) is 0. The van der Waals surface area contributed by atoms with Crippen LogP contribution in [-0.2, 0) is 0 Å². The number of hydrogen-bond acceptors (Lipinski definition) is 1. The number of pyridine rings is 1. The second-order valence-electron chi connectivity index (χ2n) is 7.60.